The Balaban J connectivity index is 0.000000186. The molecule has 2 aliphatic rings. The van der Waals surface area contributed by atoms with Crippen LogP contribution in [0.3, 0.4) is 0 Å². The van der Waals surface area contributed by atoms with Gasteiger partial charge in [0.1, 0.15) is 11.9 Å². The lowest BCUT2D eigenvalue weighted by Crippen LogP contribution is -2.43. The molecule has 32 heavy (non-hydrogen) atoms. The highest BCUT2D eigenvalue weighted by Gasteiger charge is 2.34. The van der Waals surface area contributed by atoms with Crippen molar-refractivity contribution < 1.29 is 14.3 Å². The molecule has 2 aromatic carbocycles. The third-order valence-corrected chi connectivity index (χ3v) is 6.83. The minimum absolute atomic E-state index is 0.137. The molecule has 4 rings (SSSR count). The number of aliphatic carboxylic acids is 1. The van der Waals surface area contributed by atoms with Crippen molar-refractivity contribution >= 4 is 5.97 Å². The molecule has 0 saturated carbocycles. The van der Waals surface area contributed by atoms with E-state index in [1.54, 1.807) is 12.1 Å². The highest BCUT2D eigenvalue weighted by Crippen LogP contribution is 2.30. The number of piperidine rings is 1. The molecule has 2 aliphatic heterocycles. The quantitative estimate of drug-likeness (QED) is 0.692. The Morgan fingerprint density at radius 1 is 0.906 bits per heavy atom. The molecular formula is C27H37FN2O2. The molecule has 0 bridgehead atoms. The van der Waals surface area contributed by atoms with Crippen LogP contribution < -0.4 is 0 Å². The van der Waals surface area contributed by atoms with Gasteiger partial charge in [-0.1, -0.05) is 56.3 Å². The number of nitrogens with zero attached hydrogens (tertiary/aromatic N) is 2. The minimum atomic E-state index is -0.696. The Kier molecular flexibility index (Phi) is 8.83. The summed E-state index contributed by atoms with van der Waals surface area (Å²) >= 11 is 0. The van der Waals surface area contributed by atoms with Crippen molar-refractivity contribution in [1.29, 1.82) is 0 Å². The lowest BCUT2D eigenvalue weighted by Gasteiger charge is -2.29. The van der Waals surface area contributed by atoms with Gasteiger partial charge >= 0.3 is 5.97 Å². The van der Waals surface area contributed by atoms with Gasteiger partial charge < -0.3 is 10.0 Å². The van der Waals surface area contributed by atoms with Gasteiger partial charge in [-0.3, -0.25) is 9.69 Å². The largest absolute Gasteiger partial charge is 0.480 e. The predicted octanol–water partition coefficient (Wildman–Crippen LogP) is 5.22. The van der Waals surface area contributed by atoms with E-state index in [1.807, 2.05) is 32.0 Å². The van der Waals surface area contributed by atoms with E-state index < -0.39 is 5.97 Å². The highest BCUT2D eigenvalue weighted by molar-refractivity contribution is 5.73. The maximum absolute atomic E-state index is 12.7. The lowest BCUT2D eigenvalue weighted by molar-refractivity contribution is -0.144. The summed E-state index contributed by atoms with van der Waals surface area (Å²) in [5.74, 6) is 0.427. The molecule has 0 spiro atoms. The molecule has 0 radical (unpaired) electrons. The van der Waals surface area contributed by atoms with E-state index in [2.05, 4.69) is 41.1 Å². The van der Waals surface area contributed by atoms with Crippen LogP contribution in [-0.4, -0.2) is 60.1 Å². The van der Waals surface area contributed by atoms with Crippen molar-refractivity contribution in [3.8, 4) is 0 Å². The van der Waals surface area contributed by atoms with Crippen LogP contribution in [-0.2, 0) is 4.79 Å². The van der Waals surface area contributed by atoms with Gasteiger partial charge in [-0.2, -0.15) is 0 Å². The molecular weight excluding hydrogens is 403 g/mol. The number of likely N-dealkylation sites (tertiary alicyclic amines) is 2. The molecule has 2 saturated heterocycles. The van der Waals surface area contributed by atoms with Crippen molar-refractivity contribution in [2.75, 3.05) is 33.2 Å². The fourth-order valence-corrected chi connectivity index (χ4v) is 4.98. The van der Waals surface area contributed by atoms with Gasteiger partial charge in [-0.05, 0) is 87.0 Å². The Morgan fingerprint density at radius 2 is 1.47 bits per heavy atom. The van der Waals surface area contributed by atoms with Crippen LogP contribution in [0.1, 0.15) is 56.1 Å². The van der Waals surface area contributed by atoms with E-state index in [9.17, 15) is 14.3 Å². The van der Waals surface area contributed by atoms with Crippen LogP contribution in [0.2, 0.25) is 0 Å². The highest BCUT2D eigenvalue weighted by atomic mass is 19.1. The van der Waals surface area contributed by atoms with Crippen LogP contribution in [0.25, 0.3) is 0 Å². The lowest BCUT2D eigenvalue weighted by atomic mass is 9.90. The fraction of sp³-hybridized carbons (Fsp3) is 0.519. The number of carbonyl (C=O) groups is 1. The Hall–Kier alpha value is -2.24. The average molecular weight is 441 g/mol. The summed E-state index contributed by atoms with van der Waals surface area (Å²) in [7, 11) is 2.15. The van der Waals surface area contributed by atoms with Crippen LogP contribution in [0.4, 0.5) is 4.39 Å². The molecule has 0 aliphatic carbocycles. The molecule has 1 unspecified atom stereocenters. The Labute approximate surface area is 192 Å². The second-order valence-corrected chi connectivity index (χ2v) is 9.55. The smallest absolute Gasteiger partial charge is 0.321 e. The molecule has 2 aromatic rings. The van der Waals surface area contributed by atoms with E-state index in [1.165, 1.54) is 24.0 Å². The zero-order chi connectivity index (χ0) is 23.1. The molecule has 4 nitrogen and oxygen atoms in total. The third kappa shape index (κ3) is 6.63. The molecule has 2 heterocycles. The Bertz CT molecular complexity index is 832. The number of hydrogen-bond donors (Lipinski definition) is 1. The van der Waals surface area contributed by atoms with E-state index in [0.29, 0.717) is 11.8 Å². The summed E-state index contributed by atoms with van der Waals surface area (Å²) in [6.45, 7) is 8.02. The van der Waals surface area contributed by atoms with Crippen LogP contribution in [0, 0.1) is 11.7 Å². The zero-order valence-corrected chi connectivity index (χ0v) is 19.6. The molecule has 5 heteroatoms. The van der Waals surface area contributed by atoms with Gasteiger partial charge in [0, 0.05) is 6.54 Å². The number of benzene rings is 2. The predicted molar refractivity (Wildman–Crippen MR) is 128 cm³/mol. The van der Waals surface area contributed by atoms with Crippen molar-refractivity contribution in [2.45, 2.75) is 51.0 Å². The molecule has 0 amide bonds. The Morgan fingerprint density at radius 3 is 2.03 bits per heavy atom. The van der Waals surface area contributed by atoms with E-state index in [4.69, 9.17) is 0 Å². The first kappa shape index (κ1) is 24.4. The van der Waals surface area contributed by atoms with E-state index in [-0.39, 0.29) is 17.8 Å². The first-order valence-corrected chi connectivity index (χ1v) is 11.8. The average Bonchev–Trinajstić information content (AvgIpc) is 3.25. The maximum Gasteiger partial charge on any atom is 0.321 e. The van der Waals surface area contributed by atoms with Crippen molar-refractivity contribution in [1.82, 2.24) is 9.80 Å². The number of carboxylic acid groups (broad SMARTS) is 1. The summed E-state index contributed by atoms with van der Waals surface area (Å²) in [6.07, 6.45) is 3.45. The number of rotatable bonds is 5. The van der Waals surface area contributed by atoms with Gasteiger partial charge in [0.2, 0.25) is 0 Å². The van der Waals surface area contributed by atoms with Crippen LogP contribution >= 0.6 is 0 Å². The van der Waals surface area contributed by atoms with Gasteiger partial charge in [0.15, 0.2) is 0 Å². The molecule has 1 N–H and O–H groups in total. The third-order valence-electron chi connectivity index (χ3n) is 6.83. The van der Waals surface area contributed by atoms with Crippen molar-refractivity contribution in [3.05, 3.63) is 71.5 Å². The number of hydrogen-bond acceptors (Lipinski definition) is 3. The van der Waals surface area contributed by atoms with Gasteiger partial charge in [0.25, 0.3) is 0 Å². The molecule has 174 valence electrons. The maximum atomic E-state index is 12.7. The minimum Gasteiger partial charge on any atom is -0.480 e. The summed E-state index contributed by atoms with van der Waals surface area (Å²) in [4.78, 5) is 15.8. The standard InChI is InChI=1S/C15H21NO2.C12H16FN/c1-11(2)14(15(17)18)16-9-8-13(10-16)12-6-4-3-5-7-12;1-14-8-6-11(7-9-14)10-2-4-12(13)5-3-10/h3-7,11,13-14H,8-10H2,1-2H3,(H,17,18);2-5,11H,6-9H2,1H3/t13?,14-;/m1./s1. The zero-order valence-electron chi connectivity index (χ0n) is 19.6. The van der Waals surface area contributed by atoms with E-state index in [0.717, 1.165) is 32.6 Å². The number of carboxylic acids is 1. The second-order valence-electron chi connectivity index (χ2n) is 9.55. The van der Waals surface area contributed by atoms with Gasteiger partial charge in [-0.15, -0.1) is 0 Å². The van der Waals surface area contributed by atoms with E-state index >= 15 is 0 Å². The molecule has 0 aromatic heterocycles. The fourth-order valence-electron chi connectivity index (χ4n) is 4.98. The molecule has 2 atom stereocenters. The van der Waals surface area contributed by atoms with Crippen molar-refractivity contribution in [2.24, 2.45) is 5.92 Å². The van der Waals surface area contributed by atoms with Gasteiger partial charge in [0.05, 0.1) is 0 Å². The monoisotopic (exact) mass is 440 g/mol. The molecule has 2 fully saturated rings. The summed E-state index contributed by atoms with van der Waals surface area (Å²) in [6, 6.07) is 17.0. The van der Waals surface area contributed by atoms with Crippen molar-refractivity contribution in [3.63, 3.8) is 0 Å². The summed E-state index contributed by atoms with van der Waals surface area (Å²) < 4.78 is 12.7. The SMILES string of the molecule is CC(C)[C@H](C(=O)O)N1CCC(c2ccccc2)C1.CN1CCC(c2ccc(F)cc2)CC1. The number of halogens is 1. The summed E-state index contributed by atoms with van der Waals surface area (Å²) in [5, 5.41) is 9.32. The first-order chi connectivity index (χ1) is 15.3. The van der Waals surface area contributed by atoms with Crippen LogP contribution in [0.5, 0.6) is 0 Å². The topological polar surface area (TPSA) is 43.8 Å². The second kappa shape index (κ2) is 11.6. The summed E-state index contributed by atoms with van der Waals surface area (Å²) in [5.41, 5.74) is 2.62. The van der Waals surface area contributed by atoms with Crippen LogP contribution in [0.15, 0.2) is 54.6 Å². The van der Waals surface area contributed by atoms with Gasteiger partial charge in [-0.25, -0.2) is 4.39 Å². The normalized spacial score (nSPS) is 21.2. The first-order valence-electron chi connectivity index (χ1n) is 11.8.